The number of likely N-dealkylation sites (tertiary alicyclic amines) is 1. The Morgan fingerprint density at radius 1 is 1.30 bits per heavy atom. The van der Waals surface area contributed by atoms with Gasteiger partial charge in [-0.3, -0.25) is 9.59 Å². The first-order chi connectivity index (χ1) is 11.1. The SMILES string of the molecule is O=C(O)C1CCCN(C(=O)c2cnn(-c3ccccc3F)c2)C1. The summed E-state index contributed by atoms with van der Waals surface area (Å²) < 4.78 is 15.1. The predicted molar refractivity (Wildman–Crippen MR) is 79.8 cm³/mol. The number of hydrogen-bond acceptors (Lipinski definition) is 3. The number of carboxylic acids is 1. The highest BCUT2D eigenvalue weighted by Crippen LogP contribution is 2.19. The number of halogens is 1. The van der Waals surface area contributed by atoms with Gasteiger partial charge in [-0.15, -0.1) is 0 Å². The fourth-order valence-electron chi connectivity index (χ4n) is 2.75. The van der Waals surface area contributed by atoms with Gasteiger partial charge in [-0.2, -0.15) is 5.10 Å². The van der Waals surface area contributed by atoms with Gasteiger partial charge in [0.2, 0.25) is 0 Å². The molecule has 0 saturated carbocycles. The van der Waals surface area contributed by atoms with Crippen molar-refractivity contribution in [2.24, 2.45) is 5.92 Å². The number of carbonyl (C=O) groups is 2. The van der Waals surface area contributed by atoms with Gasteiger partial charge in [-0.05, 0) is 25.0 Å². The highest BCUT2D eigenvalue weighted by atomic mass is 19.1. The maximum Gasteiger partial charge on any atom is 0.308 e. The quantitative estimate of drug-likeness (QED) is 0.939. The van der Waals surface area contributed by atoms with E-state index in [0.29, 0.717) is 24.9 Å². The molecular weight excluding hydrogens is 301 g/mol. The van der Waals surface area contributed by atoms with Crippen molar-refractivity contribution in [1.82, 2.24) is 14.7 Å². The van der Waals surface area contributed by atoms with Crippen LogP contribution in [0.2, 0.25) is 0 Å². The van der Waals surface area contributed by atoms with E-state index < -0.39 is 17.7 Å². The van der Waals surface area contributed by atoms with Crippen LogP contribution in [-0.2, 0) is 4.79 Å². The molecule has 2 aromatic rings. The molecule has 7 heteroatoms. The summed E-state index contributed by atoms with van der Waals surface area (Å²) in [6.45, 7) is 0.715. The second-order valence-electron chi connectivity index (χ2n) is 5.55. The number of amides is 1. The van der Waals surface area contributed by atoms with Crippen molar-refractivity contribution in [3.63, 3.8) is 0 Å². The van der Waals surface area contributed by atoms with E-state index in [9.17, 15) is 14.0 Å². The first-order valence-electron chi connectivity index (χ1n) is 7.38. The second-order valence-corrected chi connectivity index (χ2v) is 5.55. The monoisotopic (exact) mass is 317 g/mol. The fourth-order valence-corrected chi connectivity index (χ4v) is 2.75. The molecule has 1 aliphatic rings. The van der Waals surface area contributed by atoms with Crippen molar-refractivity contribution in [3.05, 3.63) is 48.0 Å². The van der Waals surface area contributed by atoms with E-state index in [4.69, 9.17) is 5.11 Å². The van der Waals surface area contributed by atoms with E-state index >= 15 is 0 Å². The summed E-state index contributed by atoms with van der Waals surface area (Å²) in [4.78, 5) is 25.1. The Hall–Kier alpha value is -2.70. The molecule has 1 fully saturated rings. The van der Waals surface area contributed by atoms with E-state index in [1.165, 1.54) is 28.0 Å². The number of carbonyl (C=O) groups excluding carboxylic acids is 1. The molecule has 1 aliphatic heterocycles. The predicted octanol–water partition coefficient (Wildman–Crippen LogP) is 1.95. The number of hydrogen-bond donors (Lipinski definition) is 1. The number of rotatable bonds is 3. The lowest BCUT2D eigenvalue weighted by atomic mass is 9.98. The van der Waals surface area contributed by atoms with Crippen LogP contribution >= 0.6 is 0 Å². The van der Waals surface area contributed by atoms with Gasteiger partial charge in [0.15, 0.2) is 0 Å². The summed E-state index contributed by atoms with van der Waals surface area (Å²) in [6, 6.07) is 6.15. The minimum atomic E-state index is -0.885. The normalized spacial score (nSPS) is 18.0. The average Bonchev–Trinajstić information content (AvgIpc) is 3.04. The highest BCUT2D eigenvalue weighted by molar-refractivity contribution is 5.94. The van der Waals surface area contributed by atoms with Crippen molar-refractivity contribution in [2.75, 3.05) is 13.1 Å². The molecule has 120 valence electrons. The van der Waals surface area contributed by atoms with Crippen molar-refractivity contribution in [3.8, 4) is 5.69 Å². The molecular formula is C16H16FN3O3. The van der Waals surface area contributed by atoms with E-state index in [0.717, 1.165) is 0 Å². The molecule has 0 aliphatic carbocycles. The van der Waals surface area contributed by atoms with Gasteiger partial charge in [0.25, 0.3) is 5.91 Å². The Labute approximate surface area is 132 Å². The van der Waals surface area contributed by atoms with E-state index in [1.807, 2.05) is 0 Å². The number of aromatic nitrogens is 2. The molecule has 0 bridgehead atoms. The molecule has 1 saturated heterocycles. The van der Waals surface area contributed by atoms with Gasteiger partial charge in [0.05, 0.1) is 17.7 Å². The Kier molecular flexibility index (Phi) is 4.10. The summed E-state index contributed by atoms with van der Waals surface area (Å²) in [6.07, 6.45) is 4.07. The van der Waals surface area contributed by atoms with Crippen molar-refractivity contribution >= 4 is 11.9 Å². The molecule has 1 aromatic heterocycles. The first-order valence-corrected chi connectivity index (χ1v) is 7.38. The van der Waals surface area contributed by atoms with Gasteiger partial charge in [-0.1, -0.05) is 12.1 Å². The van der Waals surface area contributed by atoms with Crippen LogP contribution in [0.1, 0.15) is 23.2 Å². The Bertz CT molecular complexity index is 744. The zero-order valence-electron chi connectivity index (χ0n) is 12.4. The maximum atomic E-state index is 13.8. The van der Waals surface area contributed by atoms with Gasteiger partial charge >= 0.3 is 5.97 Å². The zero-order valence-corrected chi connectivity index (χ0v) is 12.4. The molecule has 6 nitrogen and oxygen atoms in total. The standard InChI is InChI=1S/C16H16FN3O3/c17-13-5-1-2-6-14(13)20-10-12(8-18-20)15(21)19-7-3-4-11(9-19)16(22)23/h1-2,5-6,8,10-11H,3-4,7,9H2,(H,22,23). The van der Waals surface area contributed by atoms with Gasteiger partial charge < -0.3 is 10.0 Å². The van der Waals surface area contributed by atoms with Gasteiger partial charge in [-0.25, -0.2) is 9.07 Å². The molecule has 1 atom stereocenters. The Morgan fingerprint density at radius 2 is 2.09 bits per heavy atom. The average molecular weight is 317 g/mol. The summed E-state index contributed by atoms with van der Waals surface area (Å²) in [5.74, 6) is -2.13. The van der Waals surface area contributed by atoms with Crippen LogP contribution in [0.5, 0.6) is 0 Å². The summed E-state index contributed by atoms with van der Waals surface area (Å²) in [5, 5.41) is 13.1. The first kappa shape index (κ1) is 15.2. The topological polar surface area (TPSA) is 75.4 Å². The summed E-state index contributed by atoms with van der Waals surface area (Å²) in [7, 11) is 0. The van der Waals surface area contributed by atoms with Crippen LogP contribution in [0.25, 0.3) is 5.69 Å². The minimum absolute atomic E-state index is 0.193. The van der Waals surface area contributed by atoms with E-state index in [1.54, 1.807) is 18.2 Å². The zero-order chi connectivity index (χ0) is 16.4. The lowest BCUT2D eigenvalue weighted by Gasteiger charge is -2.30. The summed E-state index contributed by atoms with van der Waals surface area (Å²) >= 11 is 0. The van der Waals surface area contributed by atoms with Crippen LogP contribution in [-0.4, -0.2) is 44.8 Å². The number of carboxylic acid groups (broad SMARTS) is 1. The molecule has 0 radical (unpaired) electrons. The molecule has 1 N–H and O–H groups in total. The van der Waals surface area contributed by atoms with E-state index in [2.05, 4.69) is 5.10 Å². The molecule has 1 aromatic carbocycles. The Balaban J connectivity index is 1.79. The molecule has 1 unspecified atom stereocenters. The van der Waals surface area contributed by atoms with Crippen LogP contribution in [0, 0.1) is 11.7 Å². The van der Waals surface area contributed by atoms with Crippen molar-refractivity contribution < 1.29 is 19.1 Å². The Morgan fingerprint density at radius 3 is 2.83 bits per heavy atom. The van der Waals surface area contributed by atoms with Crippen LogP contribution in [0.4, 0.5) is 4.39 Å². The number of para-hydroxylation sites is 1. The molecule has 1 amide bonds. The van der Waals surface area contributed by atoms with Crippen LogP contribution in [0.3, 0.4) is 0 Å². The van der Waals surface area contributed by atoms with Crippen molar-refractivity contribution in [1.29, 1.82) is 0 Å². The molecule has 0 spiro atoms. The van der Waals surface area contributed by atoms with Gasteiger partial charge in [0, 0.05) is 19.3 Å². The van der Waals surface area contributed by atoms with Crippen LogP contribution in [0.15, 0.2) is 36.7 Å². The minimum Gasteiger partial charge on any atom is -0.481 e. The third kappa shape index (κ3) is 3.08. The molecule has 23 heavy (non-hydrogen) atoms. The van der Waals surface area contributed by atoms with E-state index in [-0.39, 0.29) is 18.1 Å². The van der Waals surface area contributed by atoms with Crippen molar-refractivity contribution in [2.45, 2.75) is 12.8 Å². The second kappa shape index (κ2) is 6.20. The fraction of sp³-hybridized carbons (Fsp3) is 0.312. The number of piperidine rings is 1. The summed E-state index contributed by atoms with van der Waals surface area (Å²) in [5.41, 5.74) is 0.577. The third-order valence-corrected chi connectivity index (χ3v) is 3.99. The largest absolute Gasteiger partial charge is 0.481 e. The lowest BCUT2D eigenvalue weighted by Crippen LogP contribution is -2.42. The third-order valence-electron chi connectivity index (χ3n) is 3.99. The number of aliphatic carboxylic acids is 1. The number of benzene rings is 1. The molecule has 2 heterocycles. The molecule has 3 rings (SSSR count). The smallest absolute Gasteiger partial charge is 0.308 e. The maximum absolute atomic E-state index is 13.8. The number of nitrogens with zero attached hydrogens (tertiary/aromatic N) is 3. The van der Waals surface area contributed by atoms with Crippen LogP contribution < -0.4 is 0 Å². The van der Waals surface area contributed by atoms with Gasteiger partial charge in [0.1, 0.15) is 11.5 Å². The lowest BCUT2D eigenvalue weighted by molar-refractivity contribution is -0.143. The highest BCUT2D eigenvalue weighted by Gasteiger charge is 2.29.